The fourth-order valence-corrected chi connectivity index (χ4v) is 6.17. The monoisotopic (exact) mass is 613 g/mol. The highest BCUT2D eigenvalue weighted by molar-refractivity contribution is 8.13. The first-order valence-electron chi connectivity index (χ1n) is 10.9. The number of hydrogen-bond acceptors (Lipinski definition) is 9. The van der Waals surface area contributed by atoms with Crippen LogP contribution in [0.25, 0.3) is 0 Å². The largest absolute Gasteiger partial charge is 0.469 e. The van der Waals surface area contributed by atoms with Gasteiger partial charge in [0, 0.05) is 10.7 Å². The van der Waals surface area contributed by atoms with E-state index in [1.165, 1.54) is 20.3 Å². The molecule has 13 heteroatoms. The third-order valence-corrected chi connectivity index (χ3v) is 8.50. The van der Waals surface area contributed by atoms with Crippen LogP contribution in [0, 0.1) is 19.3 Å². The molecule has 0 fully saturated rings. The Labute approximate surface area is 236 Å². The fourth-order valence-electron chi connectivity index (χ4n) is 2.89. The van der Waals surface area contributed by atoms with Crippen molar-refractivity contribution >= 4 is 53.9 Å². The molecular formula is C25H37Cl2NO8S2. The van der Waals surface area contributed by atoms with Crippen LogP contribution >= 0.6 is 23.1 Å². The molecule has 0 bridgehead atoms. The number of halogens is 2. The molecule has 9 nitrogen and oxygen atoms in total. The first kappa shape index (κ1) is 38.0. The van der Waals surface area contributed by atoms with E-state index >= 15 is 0 Å². The van der Waals surface area contributed by atoms with Crippen molar-refractivity contribution in [2.75, 3.05) is 20.0 Å². The molecule has 2 aromatic carbocycles. The number of rotatable bonds is 6. The van der Waals surface area contributed by atoms with Gasteiger partial charge in [0.2, 0.25) is 0 Å². The van der Waals surface area contributed by atoms with Crippen molar-refractivity contribution < 1.29 is 35.9 Å². The van der Waals surface area contributed by atoms with E-state index in [4.69, 9.17) is 16.4 Å². The first-order chi connectivity index (χ1) is 16.7. The van der Waals surface area contributed by atoms with Crippen molar-refractivity contribution in [2.45, 2.75) is 56.9 Å². The fraction of sp³-hybridized carbons (Fsp3) is 0.440. The molecule has 216 valence electrons. The van der Waals surface area contributed by atoms with Gasteiger partial charge in [-0.15, -0.1) is 12.4 Å². The third-order valence-electron chi connectivity index (χ3n) is 4.79. The predicted molar refractivity (Wildman–Crippen MR) is 151 cm³/mol. The Hall–Kier alpha value is -2.18. The summed E-state index contributed by atoms with van der Waals surface area (Å²) in [5.41, 5.74) is 4.75. The molecule has 0 spiro atoms. The summed E-state index contributed by atoms with van der Waals surface area (Å²) in [7, 11) is 0.641. The molecular weight excluding hydrogens is 577 g/mol. The standard InChI is InChI=1S/C13H18O4S.C7H7ClO2S.C5H11NO2.ClH/c1-10-7-5-6-8-11(10)18(15,16)9-13(2,3)12(14)17-4;1-6-4-2-3-5-7(6)11(8,9)10;1-5(2,6)4(7)8-3;/h5-8H,9H2,1-4H3;2-5H,1H3;6H2,1-3H3;1H. The summed E-state index contributed by atoms with van der Waals surface area (Å²) in [6.07, 6.45) is 0. The van der Waals surface area contributed by atoms with Crippen LogP contribution < -0.4 is 5.73 Å². The molecule has 0 aliphatic carbocycles. The van der Waals surface area contributed by atoms with Gasteiger partial charge in [0.1, 0.15) is 5.54 Å². The number of sulfone groups is 1. The molecule has 2 N–H and O–H groups in total. The average Bonchev–Trinajstić information content (AvgIpc) is 2.77. The maximum atomic E-state index is 12.3. The van der Waals surface area contributed by atoms with E-state index < -0.39 is 41.8 Å². The van der Waals surface area contributed by atoms with Gasteiger partial charge >= 0.3 is 11.9 Å². The van der Waals surface area contributed by atoms with Crippen LogP contribution in [-0.4, -0.2) is 54.3 Å². The molecule has 0 aliphatic rings. The number of esters is 2. The zero-order valence-corrected chi connectivity index (χ0v) is 26.0. The lowest BCUT2D eigenvalue weighted by Crippen LogP contribution is -2.42. The van der Waals surface area contributed by atoms with Gasteiger partial charge in [0.05, 0.1) is 35.2 Å². The summed E-state index contributed by atoms with van der Waals surface area (Å²) in [5.74, 6) is -1.19. The van der Waals surface area contributed by atoms with Crippen molar-refractivity contribution in [1.82, 2.24) is 0 Å². The predicted octanol–water partition coefficient (Wildman–Crippen LogP) is 4.21. The van der Waals surface area contributed by atoms with Gasteiger partial charge in [-0.25, -0.2) is 16.8 Å². The highest BCUT2D eigenvalue weighted by atomic mass is 35.7. The highest BCUT2D eigenvalue weighted by Crippen LogP contribution is 2.25. The molecule has 0 amide bonds. The maximum absolute atomic E-state index is 12.3. The maximum Gasteiger partial charge on any atom is 0.325 e. The molecule has 0 atom stereocenters. The van der Waals surface area contributed by atoms with Crippen LogP contribution in [0.5, 0.6) is 0 Å². The van der Waals surface area contributed by atoms with Gasteiger partial charge in [0.15, 0.2) is 9.84 Å². The van der Waals surface area contributed by atoms with E-state index in [9.17, 15) is 26.4 Å². The Morgan fingerprint density at radius 3 is 1.42 bits per heavy atom. The van der Waals surface area contributed by atoms with Gasteiger partial charge in [-0.3, -0.25) is 9.59 Å². The number of benzene rings is 2. The zero-order valence-electron chi connectivity index (χ0n) is 22.8. The SMILES string of the molecule is COC(=O)C(C)(C)CS(=O)(=O)c1ccccc1C.COC(=O)C(C)(C)N.Cc1ccccc1S(=O)(=O)Cl.Cl. The van der Waals surface area contributed by atoms with Gasteiger partial charge in [0.25, 0.3) is 9.05 Å². The summed E-state index contributed by atoms with van der Waals surface area (Å²) in [5, 5.41) is 0. The minimum absolute atomic E-state index is 0. The Morgan fingerprint density at radius 2 is 1.16 bits per heavy atom. The summed E-state index contributed by atoms with van der Waals surface area (Å²) in [6, 6.07) is 13.3. The van der Waals surface area contributed by atoms with E-state index in [1.54, 1.807) is 84.0 Å². The van der Waals surface area contributed by atoms with Gasteiger partial charge in [-0.2, -0.15) is 0 Å². The molecule has 0 radical (unpaired) electrons. The van der Waals surface area contributed by atoms with Crippen LogP contribution in [-0.2, 0) is 38.0 Å². The second-order valence-electron chi connectivity index (χ2n) is 9.32. The van der Waals surface area contributed by atoms with Crippen LogP contribution in [0.3, 0.4) is 0 Å². The first-order valence-corrected chi connectivity index (χ1v) is 14.9. The quantitative estimate of drug-likeness (QED) is 0.373. The Morgan fingerprint density at radius 1 is 0.789 bits per heavy atom. The number of nitrogens with two attached hydrogens (primary N) is 1. The molecule has 0 unspecified atom stereocenters. The van der Waals surface area contributed by atoms with Gasteiger partial charge < -0.3 is 15.2 Å². The summed E-state index contributed by atoms with van der Waals surface area (Å²) in [4.78, 5) is 22.5. The number of carbonyl (C=O) groups is 2. The summed E-state index contributed by atoms with van der Waals surface area (Å²) in [6.45, 7) is 9.76. The lowest BCUT2D eigenvalue weighted by molar-refractivity contribution is -0.149. The van der Waals surface area contributed by atoms with Crippen LogP contribution in [0.4, 0.5) is 0 Å². The molecule has 2 rings (SSSR count). The van der Waals surface area contributed by atoms with Gasteiger partial charge in [-0.05, 0) is 64.8 Å². The minimum Gasteiger partial charge on any atom is -0.469 e. The van der Waals surface area contributed by atoms with E-state index in [2.05, 4.69) is 9.47 Å². The van der Waals surface area contributed by atoms with Crippen LogP contribution in [0.2, 0.25) is 0 Å². The van der Waals surface area contributed by atoms with Crippen molar-refractivity contribution in [3.05, 3.63) is 59.7 Å². The second kappa shape index (κ2) is 15.4. The number of carbonyl (C=O) groups excluding carboxylic acids is 2. The molecule has 0 saturated heterocycles. The lowest BCUT2D eigenvalue weighted by Gasteiger charge is -2.21. The molecule has 0 aliphatic heterocycles. The average molecular weight is 615 g/mol. The Bertz CT molecular complexity index is 1290. The van der Waals surface area contributed by atoms with Gasteiger partial charge in [-0.1, -0.05) is 36.4 Å². The zero-order chi connectivity index (χ0) is 29.2. The van der Waals surface area contributed by atoms with Crippen molar-refractivity contribution in [2.24, 2.45) is 11.1 Å². The lowest BCUT2D eigenvalue weighted by atomic mass is 9.97. The highest BCUT2D eigenvalue weighted by Gasteiger charge is 2.35. The van der Waals surface area contributed by atoms with Crippen LogP contribution in [0.15, 0.2) is 58.3 Å². The van der Waals surface area contributed by atoms with Crippen molar-refractivity contribution in [3.8, 4) is 0 Å². The Kier molecular flexibility index (Phi) is 15.4. The number of methoxy groups -OCH3 is 2. The van der Waals surface area contributed by atoms with Crippen molar-refractivity contribution in [1.29, 1.82) is 0 Å². The number of aryl methyl sites for hydroxylation is 2. The molecule has 0 heterocycles. The van der Waals surface area contributed by atoms with E-state index in [0.717, 1.165) is 0 Å². The van der Waals surface area contributed by atoms with E-state index in [-0.39, 0.29) is 28.0 Å². The molecule has 38 heavy (non-hydrogen) atoms. The molecule has 0 saturated carbocycles. The van der Waals surface area contributed by atoms with E-state index in [1.807, 2.05) is 0 Å². The second-order valence-corrected chi connectivity index (χ2v) is 13.8. The normalized spacial score (nSPS) is 11.4. The summed E-state index contributed by atoms with van der Waals surface area (Å²) < 4.78 is 55.2. The smallest absolute Gasteiger partial charge is 0.325 e. The van der Waals surface area contributed by atoms with Crippen molar-refractivity contribution in [3.63, 3.8) is 0 Å². The number of ether oxygens (including phenoxy) is 2. The topological polar surface area (TPSA) is 147 Å². The molecule has 0 aromatic heterocycles. The van der Waals surface area contributed by atoms with E-state index in [0.29, 0.717) is 11.1 Å². The Balaban J connectivity index is 0. The van der Waals surface area contributed by atoms with Crippen LogP contribution in [0.1, 0.15) is 38.8 Å². The summed E-state index contributed by atoms with van der Waals surface area (Å²) >= 11 is 0. The minimum atomic E-state index is -3.56. The number of hydrogen-bond donors (Lipinski definition) is 1. The molecule has 2 aromatic rings. The third kappa shape index (κ3) is 12.6.